The Morgan fingerprint density at radius 1 is 0.250 bits per heavy atom. The van der Waals surface area contributed by atoms with Crippen molar-refractivity contribution >= 4 is 79.0 Å². The maximum Gasteiger partial charge on any atom is 0.252 e. The second-order valence-corrected chi connectivity index (χ2v) is 22.5. The van der Waals surface area contributed by atoms with Crippen molar-refractivity contribution in [1.82, 2.24) is 24.5 Å². The summed E-state index contributed by atoms with van der Waals surface area (Å²) in [5.74, 6) is 1.23. The van der Waals surface area contributed by atoms with Crippen molar-refractivity contribution in [2.24, 2.45) is 0 Å². The first-order valence-electron chi connectivity index (χ1n) is 29.9. The van der Waals surface area contributed by atoms with Crippen LogP contribution < -0.4 is 26.2 Å². The lowest BCUT2D eigenvalue weighted by molar-refractivity contribution is 1.13. The van der Waals surface area contributed by atoms with Gasteiger partial charge in [0.25, 0.3) is 6.71 Å². The lowest BCUT2D eigenvalue weighted by Gasteiger charge is -2.44. The summed E-state index contributed by atoms with van der Waals surface area (Å²) < 4.78 is 2.37. The standard InChI is InChI=1S/C80H52BN7/c1-6-25-53(26-7-1)67-51-70(83-79(82-67)55-29-10-3-11-30-55)58-45-46-73(88-71-41-20-16-37-62(71)63-38-17-21-42-72(63)88)64(48-58)80-84-68(54-27-8-2-9-28-54)52-69(85-80)57-32-24-31-56(47-57)59-49-76-78-77(50-59)87(61-35-14-5-15-36-61)75-44-23-19-40-66(75)81(78)65-39-18-22-43-74(65)86(76)60-33-12-4-13-34-60/h1-52H. The summed E-state index contributed by atoms with van der Waals surface area (Å²) in [6.45, 7) is 0.00522. The third-order valence-electron chi connectivity index (χ3n) is 17.4. The number of hydrogen-bond donors (Lipinski definition) is 0. The number of rotatable bonds is 10. The van der Waals surface area contributed by atoms with Gasteiger partial charge in [-0.2, -0.15) is 0 Å². The van der Waals surface area contributed by atoms with Gasteiger partial charge >= 0.3 is 0 Å². The molecule has 7 nitrogen and oxygen atoms in total. The Morgan fingerprint density at radius 2 is 0.659 bits per heavy atom. The second kappa shape index (κ2) is 21.1. The molecule has 0 spiro atoms. The molecule has 0 atom stereocenters. The minimum Gasteiger partial charge on any atom is -0.311 e. The highest BCUT2D eigenvalue weighted by Crippen LogP contribution is 2.47. The molecule has 2 aliphatic heterocycles. The van der Waals surface area contributed by atoms with E-state index in [1.807, 2.05) is 24.3 Å². The Bertz CT molecular complexity index is 4950. The molecule has 0 fully saturated rings. The number of fused-ring (bicyclic) bond motifs is 7. The SMILES string of the molecule is c1ccc(-c2cc(-c3ccc(-n4c5ccccc5c5ccccc54)c(-c4nc(-c5ccccc5)cc(-c5cccc(-c6cc7c8c(c6)N(c6ccccc6)c6ccccc6B8c6ccccc6N7c6ccccc6)c5)n4)c3)nc(-c3ccccc3)n2)cc1. The van der Waals surface area contributed by atoms with Gasteiger partial charge in [0.2, 0.25) is 0 Å². The average molecular weight is 1120 g/mol. The monoisotopic (exact) mass is 1120 g/mol. The van der Waals surface area contributed by atoms with Crippen LogP contribution in [0.25, 0.3) is 106 Å². The van der Waals surface area contributed by atoms with Gasteiger partial charge in [0.15, 0.2) is 11.6 Å². The van der Waals surface area contributed by atoms with Crippen molar-refractivity contribution in [3.63, 3.8) is 0 Å². The van der Waals surface area contributed by atoms with Crippen LogP contribution in [0.1, 0.15) is 0 Å². The zero-order valence-corrected chi connectivity index (χ0v) is 47.7. The lowest BCUT2D eigenvalue weighted by atomic mass is 9.33. The highest BCUT2D eigenvalue weighted by atomic mass is 15.2. The molecule has 0 N–H and O–H groups in total. The quantitative estimate of drug-likeness (QED) is 0.127. The number of nitrogens with zero attached hydrogens (tertiary/aromatic N) is 7. The normalized spacial score (nSPS) is 12.2. The van der Waals surface area contributed by atoms with Gasteiger partial charge in [-0.05, 0) is 119 Å². The highest BCUT2D eigenvalue weighted by molar-refractivity contribution is 7.00. The van der Waals surface area contributed by atoms with Crippen molar-refractivity contribution < 1.29 is 0 Å². The second-order valence-electron chi connectivity index (χ2n) is 22.5. The smallest absolute Gasteiger partial charge is 0.252 e. The molecule has 88 heavy (non-hydrogen) atoms. The predicted molar refractivity (Wildman–Crippen MR) is 364 cm³/mol. The fraction of sp³-hybridized carbons (Fsp3) is 0. The van der Waals surface area contributed by atoms with Gasteiger partial charge in [0, 0.05) is 78.3 Å². The minimum atomic E-state index is 0.00522. The van der Waals surface area contributed by atoms with E-state index >= 15 is 0 Å². The van der Waals surface area contributed by atoms with Gasteiger partial charge in [-0.15, -0.1) is 0 Å². The molecule has 2 aliphatic rings. The lowest BCUT2D eigenvalue weighted by Crippen LogP contribution is -2.61. The van der Waals surface area contributed by atoms with Crippen molar-refractivity contribution in [3.05, 3.63) is 315 Å². The number of hydrogen-bond acceptors (Lipinski definition) is 6. The van der Waals surface area contributed by atoms with E-state index in [1.54, 1.807) is 0 Å². The number of anilines is 6. The third kappa shape index (κ3) is 8.60. The molecule has 17 rings (SSSR count). The first-order valence-corrected chi connectivity index (χ1v) is 29.9. The van der Waals surface area contributed by atoms with Crippen LogP contribution in [0, 0.1) is 0 Å². The van der Waals surface area contributed by atoms with Crippen molar-refractivity contribution in [2.45, 2.75) is 0 Å². The zero-order valence-electron chi connectivity index (χ0n) is 47.7. The molecule has 0 saturated carbocycles. The van der Waals surface area contributed by atoms with Gasteiger partial charge in [0.1, 0.15) is 0 Å². The Labute approximate surface area is 510 Å². The summed E-state index contributed by atoms with van der Waals surface area (Å²) in [6.07, 6.45) is 0. The molecular weight excluding hydrogens is 1070 g/mol. The van der Waals surface area contributed by atoms with Gasteiger partial charge in [-0.1, -0.05) is 224 Å². The minimum absolute atomic E-state index is 0.00522. The average Bonchev–Trinajstić information content (AvgIpc) is 1.05. The van der Waals surface area contributed by atoms with Gasteiger partial charge in [-0.3, -0.25) is 0 Å². The molecule has 15 aromatic rings. The zero-order chi connectivity index (χ0) is 58.1. The largest absolute Gasteiger partial charge is 0.311 e. The Kier molecular flexibility index (Phi) is 12.2. The number of benzene rings is 12. The summed E-state index contributed by atoms with van der Waals surface area (Å²) in [7, 11) is 0. The van der Waals surface area contributed by atoms with Crippen LogP contribution in [0.15, 0.2) is 315 Å². The van der Waals surface area contributed by atoms with E-state index in [0.717, 1.165) is 107 Å². The van der Waals surface area contributed by atoms with E-state index in [4.69, 9.17) is 19.9 Å². The fourth-order valence-corrected chi connectivity index (χ4v) is 13.4. The van der Waals surface area contributed by atoms with E-state index in [2.05, 4.69) is 306 Å². The van der Waals surface area contributed by atoms with Crippen molar-refractivity contribution in [3.8, 4) is 84.6 Å². The van der Waals surface area contributed by atoms with Crippen LogP contribution in [0.4, 0.5) is 34.1 Å². The van der Waals surface area contributed by atoms with Crippen LogP contribution in [0.2, 0.25) is 0 Å². The van der Waals surface area contributed by atoms with Gasteiger partial charge in [-0.25, -0.2) is 19.9 Å². The van der Waals surface area contributed by atoms with Gasteiger partial charge < -0.3 is 14.4 Å². The summed E-state index contributed by atoms with van der Waals surface area (Å²) in [5.41, 5.74) is 24.8. The van der Waals surface area contributed by atoms with E-state index in [0.29, 0.717) is 11.6 Å². The van der Waals surface area contributed by atoms with Crippen LogP contribution in [0.5, 0.6) is 0 Å². The predicted octanol–water partition coefficient (Wildman–Crippen LogP) is 18.1. The summed E-state index contributed by atoms with van der Waals surface area (Å²) in [4.78, 5) is 26.8. The maximum atomic E-state index is 5.73. The molecule has 5 heterocycles. The molecule has 0 bridgehead atoms. The van der Waals surface area contributed by atoms with Crippen molar-refractivity contribution in [1.29, 1.82) is 0 Å². The van der Waals surface area contributed by atoms with Crippen LogP contribution in [-0.4, -0.2) is 31.2 Å². The van der Waals surface area contributed by atoms with Crippen LogP contribution >= 0.6 is 0 Å². The molecule has 0 unspecified atom stereocenters. The topological polar surface area (TPSA) is 63.0 Å². The summed E-state index contributed by atoms with van der Waals surface area (Å²) in [5, 5.41) is 2.33. The van der Waals surface area contributed by atoms with E-state index in [-0.39, 0.29) is 6.71 Å². The Morgan fingerprint density at radius 3 is 1.19 bits per heavy atom. The molecule has 0 aliphatic carbocycles. The number of aromatic nitrogens is 5. The molecule has 0 saturated heterocycles. The first kappa shape index (κ1) is 50.8. The van der Waals surface area contributed by atoms with Gasteiger partial charge in [0.05, 0.1) is 39.5 Å². The van der Waals surface area contributed by atoms with E-state index < -0.39 is 0 Å². The van der Waals surface area contributed by atoms with Crippen LogP contribution in [-0.2, 0) is 0 Å². The maximum absolute atomic E-state index is 5.73. The van der Waals surface area contributed by atoms with Crippen LogP contribution in [0.3, 0.4) is 0 Å². The van der Waals surface area contributed by atoms with E-state index in [1.165, 1.54) is 38.5 Å². The summed E-state index contributed by atoms with van der Waals surface area (Å²) >= 11 is 0. The highest BCUT2D eigenvalue weighted by Gasteiger charge is 2.43. The molecule has 12 aromatic carbocycles. The summed E-state index contributed by atoms with van der Waals surface area (Å²) in [6, 6.07) is 112. The molecule has 0 radical (unpaired) electrons. The number of para-hydroxylation sites is 6. The van der Waals surface area contributed by atoms with E-state index in [9.17, 15) is 0 Å². The molecule has 3 aromatic heterocycles. The molecule has 8 heteroatoms. The Balaban J connectivity index is 0.890. The first-order chi connectivity index (χ1) is 43.6. The van der Waals surface area contributed by atoms with Crippen molar-refractivity contribution in [2.75, 3.05) is 9.80 Å². The fourth-order valence-electron chi connectivity index (χ4n) is 13.4. The molecular formula is C80H52BN7. The molecule has 0 amide bonds. The molecule has 410 valence electrons. The third-order valence-corrected chi connectivity index (χ3v) is 17.4. The Hall–Kier alpha value is -11.7.